The molecule has 6 nitrogen and oxygen atoms in total. The Morgan fingerprint density at radius 2 is 1.78 bits per heavy atom. The Labute approximate surface area is 207 Å². The maximum absolute atomic E-state index is 13.1. The highest BCUT2D eigenvalue weighted by Gasteiger charge is 2.35. The molecule has 1 aromatic carbocycles. The van der Waals surface area contributed by atoms with E-state index in [2.05, 4.69) is 15.2 Å². The molecule has 9 heteroatoms. The van der Waals surface area contributed by atoms with Crippen molar-refractivity contribution >= 4 is 22.4 Å². The van der Waals surface area contributed by atoms with Gasteiger partial charge in [0.25, 0.3) is 5.56 Å². The number of anilines is 1. The molecule has 1 saturated carbocycles. The molecule has 3 aromatic rings. The van der Waals surface area contributed by atoms with Crippen molar-refractivity contribution in [1.29, 1.82) is 0 Å². The number of fused-ring (bicyclic) bond motifs is 1. The SMILES string of the molecule is O=C(CNc1ccnc2ccc(C(F)(F)F)cc12)CC1CN(C2CCC(n3ccccc3=O)CC2)C1. The monoisotopic (exact) mass is 498 g/mol. The van der Waals surface area contributed by atoms with Crippen molar-refractivity contribution in [3.05, 3.63) is 70.8 Å². The van der Waals surface area contributed by atoms with E-state index in [0.29, 0.717) is 35.0 Å². The molecule has 0 bridgehead atoms. The van der Waals surface area contributed by atoms with Crippen LogP contribution in [0.3, 0.4) is 0 Å². The number of halogens is 3. The number of rotatable bonds is 7. The second-order valence-corrected chi connectivity index (χ2v) is 9.91. The van der Waals surface area contributed by atoms with Gasteiger partial charge in [-0.15, -0.1) is 0 Å². The predicted octanol–water partition coefficient (Wildman–Crippen LogP) is 4.90. The number of likely N-dealkylation sites (tertiary alicyclic amines) is 1. The van der Waals surface area contributed by atoms with E-state index < -0.39 is 11.7 Å². The van der Waals surface area contributed by atoms with Crippen LogP contribution < -0.4 is 10.9 Å². The smallest absolute Gasteiger partial charge is 0.377 e. The highest BCUT2D eigenvalue weighted by molar-refractivity contribution is 5.93. The molecule has 190 valence electrons. The summed E-state index contributed by atoms with van der Waals surface area (Å²) in [6.07, 6.45) is 3.46. The van der Waals surface area contributed by atoms with Gasteiger partial charge in [-0.3, -0.25) is 19.5 Å². The first-order valence-corrected chi connectivity index (χ1v) is 12.4. The fraction of sp³-hybridized carbons (Fsp3) is 0.444. The van der Waals surface area contributed by atoms with Gasteiger partial charge in [-0.25, -0.2) is 0 Å². The summed E-state index contributed by atoms with van der Waals surface area (Å²) in [4.78, 5) is 31.2. The summed E-state index contributed by atoms with van der Waals surface area (Å²) in [7, 11) is 0. The average molecular weight is 499 g/mol. The van der Waals surface area contributed by atoms with Gasteiger partial charge < -0.3 is 9.88 Å². The molecular weight excluding hydrogens is 469 g/mol. The third-order valence-electron chi connectivity index (χ3n) is 7.47. The van der Waals surface area contributed by atoms with Crippen LogP contribution in [-0.4, -0.2) is 45.9 Å². The van der Waals surface area contributed by atoms with Crippen molar-refractivity contribution in [2.45, 2.75) is 50.4 Å². The van der Waals surface area contributed by atoms with Gasteiger partial charge >= 0.3 is 6.18 Å². The Balaban J connectivity index is 1.09. The number of hydrogen-bond acceptors (Lipinski definition) is 5. The average Bonchev–Trinajstić information content (AvgIpc) is 2.84. The van der Waals surface area contributed by atoms with Gasteiger partial charge in [0.2, 0.25) is 0 Å². The molecule has 2 aliphatic rings. The van der Waals surface area contributed by atoms with Gasteiger partial charge in [-0.2, -0.15) is 13.2 Å². The van der Waals surface area contributed by atoms with Crippen LogP contribution in [0.5, 0.6) is 0 Å². The maximum Gasteiger partial charge on any atom is 0.416 e. The van der Waals surface area contributed by atoms with Crippen molar-refractivity contribution in [1.82, 2.24) is 14.5 Å². The Hall–Kier alpha value is -3.20. The van der Waals surface area contributed by atoms with Gasteiger partial charge in [-0.05, 0) is 61.9 Å². The first-order valence-electron chi connectivity index (χ1n) is 12.4. The molecule has 0 atom stereocenters. The Bertz CT molecular complexity index is 1290. The van der Waals surface area contributed by atoms with Crippen molar-refractivity contribution in [3.63, 3.8) is 0 Å². The highest BCUT2D eigenvalue weighted by Crippen LogP contribution is 2.35. The number of hydrogen-bond donors (Lipinski definition) is 1. The van der Waals surface area contributed by atoms with Crippen molar-refractivity contribution in [2.75, 3.05) is 25.0 Å². The van der Waals surface area contributed by atoms with Gasteiger partial charge in [0.15, 0.2) is 5.78 Å². The summed E-state index contributed by atoms with van der Waals surface area (Å²) in [5.41, 5.74) is 0.236. The van der Waals surface area contributed by atoms with Crippen LogP contribution in [0.1, 0.15) is 43.7 Å². The largest absolute Gasteiger partial charge is 0.416 e. The van der Waals surface area contributed by atoms with Crippen molar-refractivity contribution < 1.29 is 18.0 Å². The molecule has 0 unspecified atom stereocenters. The van der Waals surface area contributed by atoms with Crippen molar-refractivity contribution in [3.8, 4) is 0 Å². The lowest BCUT2D eigenvalue weighted by Gasteiger charge is -2.46. The molecule has 0 spiro atoms. The molecule has 0 radical (unpaired) electrons. The van der Waals surface area contributed by atoms with Gasteiger partial charge in [-0.1, -0.05) is 6.07 Å². The lowest BCUT2D eigenvalue weighted by atomic mass is 9.85. The summed E-state index contributed by atoms with van der Waals surface area (Å²) in [6.45, 7) is 1.85. The number of Topliss-reactive ketones (excluding diaryl/α,β-unsaturated/α-hetero) is 1. The van der Waals surface area contributed by atoms with Gasteiger partial charge in [0, 0.05) is 61.1 Å². The topological polar surface area (TPSA) is 67.2 Å². The zero-order chi connectivity index (χ0) is 25.3. The van der Waals surface area contributed by atoms with E-state index >= 15 is 0 Å². The van der Waals surface area contributed by atoms with Crippen LogP contribution in [0.4, 0.5) is 18.9 Å². The second kappa shape index (κ2) is 10.0. The third kappa shape index (κ3) is 5.31. The van der Waals surface area contributed by atoms with Crippen LogP contribution in [-0.2, 0) is 11.0 Å². The number of alkyl halides is 3. The van der Waals surface area contributed by atoms with Crippen molar-refractivity contribution in [2.24, 2.45) is 5.92 Å². The number of carbonyl (C=O) groups is 1. The summed E-state index contributed by atoms with van der Waals surface area (Å²) in [5.74, 6) is 0.350. The van der Waals surface area contributed by atoms with Gasteiger partial charge in [0.05, 0.1) is 17.6 Å². The van der Waals surface area contributed by atoms with Crippen LogP contribution in [0.2, 0.25) is 0 Å². The van der Waals surface area contributed by atoms with Crippen LogP contribution >= 0.6 is 0 Å². The highest BCUT2D eigenvalue weighted by atomic mass is 19.4. The summed E-state index contributed by atoms with van der Waals surface area (Å²) in [5, 5.41) is 3.37. The standard InChI is InChI=1S/C27H29F3N4O2/c28-27(29,30)19-4-9-24-23(14-19)25(10-11-31-24)32-15-22(35)13-18-16-33(17-18)20-5-7-21(8-6-20)34-12-2-1-3-26(34)36/h1-4,9-12,14,18,20-21H,5-8,13,15-17H2,(H,31,32). The zero-order valence-electron chi connectivity index (χ0n) is 19.9. The molecule has 1 N–H and O–H groups in total. The number of carbonyl (C=O) groups excluding carboxylic acids is 1. The summed E-state index contributed by atoms with van der Waals surface area (Å²) in [6, 6.07) is 11.1. The zero-order valence-corrected chi connectivity index (χ0v) is 19.9. The van der Waals surface area contributed by atoms with Crippen LogP contribution in [0, 0.1) is 5.92 Å². The first-order chi connectivity index (χ1) is 17.3. The van der Waals surface area contributed by atoms with E-state index in [1.807, 2.05) is 16.8 Å². The number of nitrogens with one attached hydrogen (secondary N) is 1. The van der Waals surface area contributed by atoms with E-state index in [1.54, 1.807) is 18.2 Å². The number of nitrogens with zero attached hydrogens (tertiary/aromatic N) is 3. The minimum absolute atomic E-state index is 0.0451. The van der Waals surface area contributed by atoms with E-state index in [0.717, 1.165) is 50.9 Å². The number of pyridine rings is 2. The van der Waals surface area contributed by atoms with Gasteiger partial charge in [0.1, 0.15) is 0 Å². The normalized spacial score (nSPS) is 21.3. The molecule has 36 heavy (non-hydrogen) atoms. The van der Waals surface area contributed by atoms with E-state index in [9.17, 15) is 22.8 Å². The molecule has 3 heterocycles. The van der Waals surface area contributed by atoms with Crippen LogP contribution in [0.15, 0.2) is 59.7 Å². The predicted molar refractivity (Wildman–Crippen MR) is 132 cm³/mol. The molecule has 2 aromatic heterocycles. The fourth-order valence-electron chi connectivity index (χ4n) is 5.54. The molecule has 0 amide bonds. The van der Waals surface area contributed by atoms with E-state index in [-0.39, 0.29) is 23.9 Å². The van der Waals surface area contributed by atoms with E-state index in [4.69, 9.17) is 0 Å². The summed E-state index contributed by atoms with van der Waals surface area (Å²) >= 11 is 0. The Morgan fingerprint density at radius 3 is 2.50 bits per heavy atom. The number of aromatic nitrogens is 2. The molecule has 2 fully saturated rings. The lowest BCUT2D eigenvalue weighted by molar-refractivity contribution is -0.137. The number of benzene rings is 1. The minimum Gasteiger partial charge on any atom is -0.377 e. The second-order valence-electron chi connectivity index (χ2n) is 9.91. The lowest BCUT2D eigenvalue weighted by Crippen LogP contribution is -2.53. The first kappa shape index (κ1) is 24.5. The quantitative estimate of drug-likeness (QED) is 0.502. The van der Waals surface area contributed by atoms with E-state index in [1.165, 1.54) is 12.3 Å². The molecule has 1 aliphatic carbocycles. The number of ketones is 1. The minimum atomic E-state index is -4.44. The van der Waals surface area contributed by atoms with Crippen LogP contribution in [0.25, 0.3) is 10.9 Å². The molecule has 1 aliphatic heterocycles. The summed E-state index contributed by atoms with van der Waals surface area (Å²) < 4.78 is 41.2. The third-order valence-corrected chi connectivity index (χ3v) is 7.47. The molecule has 5 rings (SSSR count). The maximum atomic E-state index is 13.1. The fourth-order valence-corrected chi connectivity index (χ4v) is 5.54. The Morgan fingerprint density at radius 1 is 1.03 bits per heavy atom. The Kier molecular flexibility index (Phi) is 6.83. The molecular formula is C27H29F3N4O2. The molecule has 1 saturated heterocycles.